The summed E-state index contributed by atoms with van der Waals surface area (Å²) in [4.78, 5) is 13.2. The van der Waals surface area contributed by atoms with E-state index in [-0.39, 0.29) is 5.92 Å². The van der Waals surface area contributed by atoms with Gasteiger partial charge < -0.3 is 10.0 Å². The van der Waals surface area contributed by atoms with Crippen molar-refractivity contribution in [3.8, 4) is 0 Å². The maximum Gasteiger partial charge on any atom is 0.306 e. The molecule has 1 heterocycles. The standard InChI is InChI=1S/C14H19NO2/c1-10-7-11(2)9-13(8-10)15-5-3-12(4-6-15)14(16)17/h7-9,12H,3-6H2,1-2H3,(H,16,17). The average Bonchev–Trinajstić information content (AvgIpc) is 2.28. The van der Waals surface area contributed by atoms with Crippen LogP contribution in [0.3, 0.4) is 0 Å². The van der Waals surface area contributed by atoms with Crippen molar-refractivity contribution in [3.63, 3.8) is 0 Å². The number of benzene rings is 1. The van der Waals surface area contributed by atoms with Crippen LogP contribution >= 0.6 is 0 Å². The zero-order valence-corrected chi connectivity index (χ0v) is 10.4. The Kier molecular flexibility index (Phi) is 3.36. The highest BCUT2D eigenvalue weighted by atomic mass is 16.4. The topological polar surface area (TPSA) is 40.5 Å². The van der Waals surface area contributed by atoms with Gasteiger partial charge in [0.1, 0.15) is 0 Å². The van der Waals surface area contributed by atoms with Crippen molar-refractivity contribution in [3.05, 3.63) is 29.3 Å². The smallest absolute Gasteiger partial charge is 0.306 e. The molecule has 2 rings (SSSR count). The van der Waals surface area contributed by atoms with Crippen LogP contribution in [0.25, 0.3) is 0 Å². The first kappa shape index (κ1) is 12.0. The van der Waals surface area contributed by atoms with E-state index >= 15 is 0 Å². The Morgan fingerprint density at radius 1 is 1.18 bits per heavy atom. The van der Waals surface area contributed by atoms with Crippen molar-refractivity contribution in [2.45, 2.75) is 26.7 Å². The number of piperidine rings is 1. The van der Waals surface area contributed by atoms with Crippen molar-refractivity contribution in [2.24, 2.45) is 5.92 Å². The SMILES string of the molecule is Cc1cc(C)cc(N2CCC(C(=O)O)CC2)c1. The summed E-state index contributed by atoms with van der Waals surface area (Å²) < 4.78 is 0. The number of carboxylic acids is 1. The molecule has 0 unspecified atom stereocenters. The second-order valence-corrected chi connectivity index (χ2v) is 4.95. The molecule has 0 atom stereocenters. The van der Waals surface area contributed by atoms with Crippen LogP contribution < -0.4 is 4.90 Å². The molecule has 17 heavy (non-hydrogen) atoms. The Balaban J connectivity index is 2.07. The number of carbonyl (C=O) groups is 1. The largest absolute Gasteiger partial charge is 0.481 e. The number of carboxylic acid groups (broad SMARTS) is 1. The van der Waals surface area contributed by atoms with Gasteiger partial charge in [-0.2, -0.15) is 0 Å². The normalized spacial score (nSPS) is 17.2. The van der Waals surface area contributed by atoms with Gasteiger partial charge in [-0.1, -0.05) is 6.07 Å². The molecule has 1 N–H and O–H groups in total. The predicted molar refractivity (Wildman–Crippen MR) is 68.5 cm³/mol. The molecule has 0 spiro atoms. The lowest BCUT2D eigenvalue weighted by molar-refractivity contribution is -0.142. The van der Waals surface area contributed by atoms with Gasteiger partial charge in [0, 0.05) is 18.8 Å². The number of nitrogens with zero attached hydrogens (tertiary/aromatic N) is 1. The molecule has 1 fully saturated rings. The summed E-state index contributed by atoms with van der Waals surface area (Å²) in [6, 6.07) is 6.51. The van der Waals surface area contributed by atoms with Crippen molar-refractivity contribution >= 4 is 11.7 Å². The van der Waals surface area contributed by atoms with Gasteiger partial charge in [-0.15, -0.1) is 0 Å². The molecular formula is C14H19NO2. The Bertz CT molecular complexity index is 400. The van der Waals surface area contributed by atoms with Crippen LogP contribution in [0.5, 0.6) is 0 Å². The molecule has 0 saturated carbocycles. The van der Waals surface area contributed by atoms with Gasteiger partial charge in [0.15, 0.2) is 0 Å². The van der Waals surface area contributed by atoms with E-state index in [1.165, 1.54) is 16.8 Å². The first-order valence-corrected chi connectivity index (χ1v) is 6.12. The van der Waals surface area contributed by atoms with Crippen molar-refractivity contribution in [1.82, 2.24) is 0 Å². The fourth-order valence-electron chi connectivity index (χ4n) is 2.52. The fraction of sp³-hybridized carbons (Fsp3) is 0.500. The minimum Gasteiger partial charge on any atom is -0.481 e. The Hall–Kier alpha value is -1.51. The summed E-state index contributed by atoms with van der Waals surface area (Å²) in [6.07, 6.45) is 1.50. The van der Waals surface area contributed by atoms with Crippen LogP contribution in [0.15, 0.2) is 18.2 Å². The summed E-state index contributed by atoms with van der Waals surface area (Å²) in [5, 5.41) is 8.96. The Morgan fingerprint density at radius 2 is 1.71 bits per heavy atom. The van der Waals surface area contributed by atoms with E-state index in [1.54, 1.807) is 0 Å². The third-order valence-electron chi connectivity index (χ3n) is 3.42. The van der Waals surface area contributed by atoms with E-state index in [4.69, 9.17) is 5.11 Å². The van der Waals surface area contributed by atoms with Gasteiger partial charge >= 0.3 is 5.97 Å². The zero-order valence-electron chi connectivity index (χ0n) is 10.4. The Labute approximate surface area is 102 Å². The predicted octanol–water partition coefficient (Wildman–Crippen LogP) is 2.60. The third kappa shape index (κ3) is 2.78. The quantitative estimate of drug-likeness (QED) is 0.853. The zero-order chi connectivity index (χ0) is 12.4. The van der Waals surface area contributed by atoms with Crippen LogP contribution in [0.1, 0.15) is 24.0 Å². The maximum atomic E-state index is 10.9. The van der Waals surface area contributed by atoms with Gasteiger partial charge in [-0.3, -0.25) is 4.79 Å². The summed E-state index contributed by atoms with van der Waals surface area (Å²) in [5.41, 5.74) is 3.76. The summed E-state index contributed by atoms with van der Waals surface area (Å²) in [5.74, 6) is -0.803. The monoisotopic (exact) mass is 233 g/mol. The molecule has 3 nitrogen and oxygen atoms in total. The second-order valence-electron chi connectivity index (χ2n) is 4.95. The summed E-state index contributed by atoms with van der Waals surface area (Å²) in [7, 11) is 0. The number of anilines is 1. The van der Waals surface area contributed by atoms with Gasteiger partial charge in [-0.25, -0.2) is 0 Å². The molecule has 0 amide bonds. The molecule has 3 heteroatoms. The van der Waals surface area contributed by atoms with Crippen LogP contribution in [-0.2, 0) is 4.79 Å². The van der Waals surface area contributed by atoms with Crippen molar-refractivity contribution in [1.29, 1.82) is 0 Å². The second kappa shape index (κ2) is 4.78. The van der Waals surface area contributed by atoms with E-state index in [0.29, 0.717) is 0 Å². The van der Waals surface area contributed by atoms with E-state index in [2.05, 4.69) is 36.9 Å². The van der Waals surface area contributed by atoms with Gasteiger partial charge in [-0.05, 0) is 49.9 Å². The molecule has 1 aliphatic heterocycles. The van der Waals surface area contributed by atoms with Gasteiger partial charge in [0.05, 0.1) is 5.92 Å². The molecule has 0 aromatic heterocycles. The Morgan fingerprint density at radius 3 is 2.18 bits per heavy atom. The number of aryl methyl sites for hydroxylation is 2. The first-order valence-electron chi connectivity index (χ1n) is 6.12. The highest BCUT2D eigenvalue weighted by molar-refractivity contribution is 5.70. The lowest BCUT2D eigenvalue weighted by atomic mass is 9.96. The van der Waals surface area contributed by atoms with E-state index < -0.39 is 5.97 Å². The van der Waals surface area contributed by atoms with Crippen LogP contribution in [-0.4, -0.2) is 24.2 Å². The van der Waals surface area contributed by atoms with E-state index in [9.17, 15) is 4.79 Å². The van der Waals surface area contributed by atoms with Crippen LogP contribution in [0, 0.1) is 19.8 Å². The molecular weight excluding hydrogens is 214 g/mol. The summed E-state index contributed by atoms with van der Waals surface area (Å²) in [6.45, 7) is 5.89. The van der Waals surface area contributed by atoms with Crippen molar-refractivity contribution in [2.75, 3.05) is 18.0 Å². The van der Waals surface area contributed by atoms with Crippen LogP contribution in [0.4, 0.5) is 5.69 Å². The first-order chi connectivity index (χ1) is 8.06. The number of hydrogen-bond acceptors (Lipinski definition) is 2. The highest BCUT2D eigenvalue weighted by Crippen LogP contribution is 2.25. The molecule has 1 aromatic carbocycles. The highest BCUT2D eigenvalue weighted by Gasteiger charge is 2.24. The van der Waals surface area contributed by atoms with Crippen molar-refractivity contribution < 1.29 is 9.90 Å². The van der Waals surface area contributed by atoms with Gasteiger partial charge in [0.2, 0.25) is 0 Å². The minimum atomic E-state index is -0.648. The molecule has 1 aliphatic rings. The van der Waals surface area contributed by atoms with E-state index in [1.807, 2.05) is 0 Å². The molecule has 0 aliphatic carbocycles. The molecule has 0 radical (unpaired) electrons. The molecule has 1 saturated heterocycles. The lowest BCUT2D eigenvalue weighted by Crippen LogP contribution is -2.36. The minimum absolute atomic E-state index is 0.155. The average molecular weight is 233 g/mol. The lowest BCUT2D eigenvalue weighted by Gasteiger charge is -2.32. The van der Waals surface area contributed by atoms with Gasteiger partial charge in [0.25, 0.3) is 0 Å². The van der Waals surface area contributed by atoms with E-state index in [0.717, 1.165) is 25.9 Å². The third-order valence-corrected chi connectivity index (χ3v) is 3.42. The number of hydrogen-bond donors (Lipinski definition) is 1. The molecule has 0 bridgehead atoms. The molecule has 92 valence electrons. The number of rotatable bonds is 2. The van der Waals surface area contributed by atoms with Crippen LogP contribution in [0.2, 0.25) is 0 Å². The number of aliphatic carboxylic acids is 1. The summed E-state index contributed by atoms with van der Waals surface area (Å²) >= 11 is 0. The fourth-order valence-corrected chi connectivity index (χ4v) is 2.52. The maximum absolute atomic E-state index is 10.9. The molecule has 1 aromatic rings.